The number of piperidine rings is 1. The van der Waals surface area contributed by atoms with Crippen LogP contribution < -0.4 is 10.2 Å². The van der Waals surface area contributed by atoms with Crippen LogP contribution in [-0.2, 0) is 16.1 Å². The fraction of sp³-hybridized carbons (Fsp3) is 0.727. The Bertz CT molecular complexity index is 790. The number of nitrogens with zero attached hydrogens (tertiary/aromatic N) is 4. The van der Waals surface area contributed by atoms with E-state index in [9.17, 15) is 19.9 Å². The topological polar surface area (TPSA) is 119 Å². The summed E-state index contributed by atoms with van der Waals surface area (Å²) < 4.78 is 15.3. The Morgan fingerprint density at radius 3 is 2.69 bits per heavy atom. The summed E-state index contributed by atoms with van der Waals surface area (Å²) in [6, 6.07) is -0.190. The average molecular weight is 452 g/mol. The molecule has 1 aliphatic carbocycles. The van der Waals surface area contributed by atoms with Crippen molar-refractivity contribution < 1.29 is 24.3 Å². The van der Waals surface area contributed by atoms with Crippen molar-refractivity contribution in [2.75, 3.05) is 24.6 Å². The van der Waals surface area contributed by atoms with Gasteiger partial charge in [-0.05, 0) is 38.5 Å². The number of aliphatic hydroxyl groups excluding tert-OH is 1. The van der Waals surface area contributed by atoms with Crippen LogP contribution in [0.25, 0.3) is 0 Å². The van der Waals surface area contributed by atoms with Crippen LogP contribution in [0.5, 0.6) is 0 Å². The second-order valence-electron chi connectivity index (χ2n) is 8.91. The SMILES string of the molecule is Cc1nc(CNC(=O)[C@H](CC2CCCC2)CN(O)C=O)c(F)c(N2CCCC[C@H]2CO)n1. The number of halogens is 1. The number of hydroxylamine groups is 2. The molecule has 3 rings (SSSR count). The number of carbonyl (C=O) groups is 2. The van der Waals surface area contributed by atoms with Gasteiger partial charge in [0.25, 0.3) is 0 Å². The minimum atomic E-state index is -0.597. The summed E-state index contributed by atoms with van der Waals surface area (Å²) in [6.45, 7) is 1.97. The zero-order chi connectivity index (χ0) is 23.1. The minimum absolute atomic E-state index is 0.0776. The first-order chi connectivity index (χ1) is 15.4. The minimum Gasteiger partial charge on any atom is -0.394 e. The number of rotatable bonds is 10. The molecule has 2 amide bonds. The van der Waals surface area contributed by atoms with E-state index >= 15 is 4.39 Å². The molecule has 9 nitrogen and oxygen atoms in total. The molecule has 3 N–H and O–H groups in total. The highest BCUT2D eigenvalue weighted by atomic mass is 19.1. The van der Waals surface area contributed by atoms with E-state index < -0.39 is 11.7 Å². The summed E-state index contributed by atoms with van der Waals surface area (Å²) in [5.74, 6) is -0.602. The Morgan fingerprint density at radius 2 is 2.00 bits per heavy atom. The second-order valence-corrected chi connectivity index (χ2v) is 8.91. The number of amides is 2. The third-order valence-electron chi connectivity index (χ3n) is 6.55. The molecular weight excluding hydrogens is 417 g/mol. The Kier molecular flexibility index (Phi) is 8.75. The summed E-state index contributed by atoms with van der Waals surface area (Å²) >= 11 is 0. The van der Waals surface area contributed by atoms with E-state index in [1.807, 2.05) is 0 Å². The normalized spacial score (nSPS) is 20.2. The molecule has 1 aliphatic heterocycles. The van der Waals surface area contributed by atoms with E-state index in [0.29, 0.717) is 29.8 Å². The van der Waals surface area contributed by atoms with Crippen molar-refractivity contribution in [3.63, 3.8) is 0 Å². The molecule has 0 bridgehead atoms. The maximum atomic E-state index is 15.3. The van der Waals surface area contributed by atoms with Crippen LogP contribution in [0.1, 0.15) is 62.9 Å². The molecule has 0 spiro atoms. The first kappa shape index (κ1) is 24.3. The number of hydrogen-bond donors (Lipinski definition) is 3. The highest BCUT2D eigenvalue weighted by Gasteiger charge is 2.29. The molecule has 32 heavy (non-hydrogen) atoms. The van der Waals surface area contributed by atoms with Gasteiger partial charge in [0.1, 0.15) is 11.5 Å². The monoisotopic (exact) mass is 451 g/mol. The number of aryl methyl sites for hydroxylation is 1. The van der Waals surface area contributed by atoms with Gasteiger partial charge < -0.3 is 15.3 Å². The van der Waals surface area contributed by atoms with Crippen molar-refractivity contribution in [1.29, 1.82) is 0 Å². The summed E-state index contributed by atoms with van der Waals surface area (Å²) in [6.07, 6.45) is 7.78. The molecule has 1 saturated heterocycles. The standard InChI is InChI=1S/C22H34FN5O4/c1-15-25-19(20(23)21(26-15)28-9-5-4-8-18(28)13-29)11-24-22(31)17(12-27(32)14-30)10-16-6-2-3-7-16/h14,16-18,29,32H,2-13H2,1H3,(H,24,31)/t17-,18+/m1/s1. The lowest BCUT2D eigenvalue weighted by Crippen LogP contribution is -2.43. The maximum Gasteiger partial charge on any atom is 0.233 e. The lowest BCUT2D eigenvalue weighted by molar-refractivity contribution is -0.155. The highest BCUT2D eigenvalue weighted by Crippen LogP contribution is 2.31. The first-order valence-electron chi connectivity index (χ1n) is 11.5. The van der Waals surface area contributed by atoms with E-state index in [1.165, 1.54) is 0 Å². The van der Waals surface area contributed by atoms with Crippen molar-refractivity contribution in [2.24, 2.45) is 11.8 Å². The van der Waals surface area contributed by atoms with Crippen molar-refractivity contribution in [2.45, 2.75) is 70.9 Å². The second kappa shape index (κ2) is 11.5. The molecule has 2 atom stereocenters. The smallest absolute Gasteiger partial charge is 0.233 e. The van der Waals surface area contributed by atoms with Gasteiger partial charge in [0.15, 0.2) is 11.6 Å². The van der Waals surface area contributed by atoms with Gasteiger partial charge in [-0.1, -0.05) is 25.7 Å². The van der Waals surface area contributed by atoms with Gasteiger partial charge in [0, 0.05) is 6.54 Å². The van der Waals surface area contributed by atoms with Gasteiger partial charge in [-0.15, -0.1) is 0 Å². The van der Waals surface area contributed by atoms with Crippen LogP contribution in [0.3, 0.4) is 0 Å². The van der Waals surface area contributed by atoms with E-state index in [0.717, 1.165) is 44.9 Å². The Labute approximate surface area is 188 Å². The molecule has 0 aromatic carbocycles. The third kappa shape index (κ3) is 6.13. The number of carbonyl (C=O) groups excluding carboxylic acids is 2. The van der Waals surface area contributed by atoms with Gasteiger partial charge >= 0.3 is 0 Å². The quantitative estimate of drug-likeness (QED) is 0.283. The lowest BCUT2D eigenvalue weighted by Gasteiger charge is -2.36. The van der Waals surface area contributed by atoms with E-state index in [4.69, 9.17) is 0 Å². The summed E-state index contributed by atoms with van der Waals surface area (Å²) in [5, 5.41) is 22.5. The fourth-order valence-electron chi connectivity index (χ4n) is 4.87. The number of hydrogen-bond acceptors (Lipinski definition) is 7. The molecule has 1 aromatic rings. The predicted octanol–water partition coefficient (Wildman–Crippen LogP) is 1.94. The molecule has 0 radical (unpaired) electrons. The Morgan fingerprint density at radius 1 is 1.28 bits per heavy atom. The van der Waals surface area contributed by atoms with Crippen LogP contribution in [-0.4, -0.2) is 63.4 Å². The van der Waals surface area contributed by atoms with E-state index in [-0.39, 0.29) is 49.6 Å². The van der Waals surface area contributed by atoms with Crippen molar-refractivity contribution in [1.82, 2.24) is 20.3 Å². The molecule has 2 aliphatic rings. The predicted molar refractivity (Wildman–Crippen MR) is 115 cm³/mol. The zero-order valence-electron chi connectivity index (χ0n) is 18.7. The van der Waals surface area contributed by atoms with Gasteiger partial charge in [-0.3, -0.25) is 14.8 Å². The van der Waals surface area contributed by atoms with Crippen LogP contribution >= 0.6 is 0 Å². The summed E-state index contributed by atoms with van der Waals surface area (Å²) in [7, 11) is 0. The zero-order valence-corrected chi connectivity index (χ0v) is 18.7. The van der Waals surface area contributed by atoms with Crippen molar-refractivity contribution >= 4 is 18.1 Å². The number of aliphatic hydroxyl groups is 1. The Hall–Kier alpha value is -2.33. The highest BCUT2D eigenvalue weighted by molar-refractivity contribution is 5.79. The summed E-state index contributed by atoms with van der Waals surface area (Å²) in [5.41, 5.74) is 0.0824. The molecule has 2 fully saturated rings. The molecule has 1 aromatic heterocycles. The molecule has 2 heterocycles. The maximum absolute atomic E-state index is 15.3. The Balaban J connectivity index is 1.71. The van der Waals surface area contributed by atoms with Gasteiger partial charge in [0.2, 0.25) is 12.3 Å². The van der Waals surface area contributed by atoms with Gasteiger partial charge in [-0.2, -0.15) is 0 Å². The van der Waals surface area contributed by atoms with Gasteiger partial charge in [-0.25, -0.2) is 19.4 Å². The van der Waals surface area contributed by atoms with Crippen molar-refractivity contribution in [3.05, 3.63) is 17.3 Å². The van der Waals surface area contributed by atoms with Gasteiger partial charge in [0.05, 0.1) is 31.7 Å². The summed E-state index contributed by atoms with van der Waals surface area (Å²) in [4.78, 5) is 34.0. The molecule has 10 heteroatoms. The number of anilines is 1. The average Bonchev–Trinajstić information content (AvgIpc) is 3.31. The lowest BCUT2D eigenvalue weighted by atomic mass is 9.92. The number of nitrogens with one attached hydrogen (secondary N) is 1. The fourth-order valence-corrected chi connectivity index (χ4v) is 4.87. The van der Waals surface area contributed by atoms with Crippen molar-refractivity contribution in [3.8, 4) is 0 Å². The molecular formula is C22H34FN5O4. The van der Waals surface area contributed by atoms with Crippen LogP contribution in [0.2, 0.25) is 0 Å². The molecule has 1 saturated carbocycles. The van der Waals surface area contributed by atoms with Crippen LogP contribution in [0, 0.1) is 24.6 Å². The van der Waals surface area contributed by atoms with E-state index in [2.05, 4.69) is 15.3 Å². The third-order valence-corrected chi connectivity index (χ3v) is 6.55. The largest absolute Gasteiger partial charge is 0.394 e. The van der Waals surface area contributed by atoms with Crippen LogP contribution in [0.4, 0.5) is 10.2 Å². The van der Waals surface area contributed by atoms with Crippen LogP contribution in [0.15, 0.2) is 0 Å². The molecule has 0 unspecified atom stereocenters. The van der Waals surface area contributed by atoms with E-state index in [1.54, 1.807) is 11.8 Å². The molecule has 178 valence electrons. The number of aromatic nitrogens is 2. The first-order valence-corrected chi connectivity index (χ1v) is 11.5.